The molecule has 0 unspecified atom stereocenters. The van der Waals surface area contributed by atoms with Crippen molar-refractivity contribution < 1.29 is 4.42 Å². The Morgan fingerprint density at radius 3 is 3.00 bits per heavy atom. The van der Waals surface area contributed by atoms with Gasteiger partial charge in [-0.15, -0.1) is 21.8 Å². The minimum atomic E-state index is 0.505. The highest BCUT2D eigenvalue weighted by Crippen LogP contribution is 2.19. The first-order chi connectivity index (χ1) is 7.31. The van der Waals surface area contributed by atoms with Crippen LogP contribution in [0.4, 0.5) is 0 Å². The summed E-state index contributed by atoms with van der Waals surface area (Å²) in [4.78, 5) is 0. The second-order valence-corrected chi connectivity index (χ2v) is 3.58. The summed E-state index contributed by atoms with van der Waals surface area (Å²) in [6, 6.07) is 0. The van der Waals surface area contributed by atoms with Gasteiger partial charge in [0.1, 0.15) is 0 Å². The number of rotatable bonds is 4. The zero-order chi connectivity index (χ0) is 10.7. The van der Waals surface area contributed by atoms with E-state index in [4.69, 9.17) is 16.0 Å². The number of aryl methyl sites for hydroxylation is 2. The smallest absolute Gasteiger partial charge is 0.251 e. The molecule has 2 aromatic rings. The zero-order valence-electron chi connectivity index (χ0n) is 8.33. The molecule has 15 heavy (non-hydrogen) atoms. The van der Waals surface area contributed by atoms with Gasteiger partial charge in [-0.2, -0.15) is 5.10 Å². The average Bonchev–Trinajstić information content (AvgIpc) is 2.83. The fraction of sp³-hybridized carbons (Fsp3) is 0.444. The molecule has 0 bridgehead atoms. The number of aromatic amines is 1. The molecule has 0 saturated carbocycles. The lowest BCUT2D eigenvalue weighted by molar-refractivity contribution is 0.502. The Hall–Kier alpha value is -1.36. The molecule has 2 rings (SSSR count). The van der Waals surface area contributed by atoms with Crippen LogP contribution in [0, 0.1) is 6.92 Å². The fourth-order valence-corrected chi connectivity index (χ4v) is 1.38. The van der Waals surface area contributed by atoms with Crippen LogP contribution >= 0.6 is 11.6 Å². The Bertz CT molecular complexity index is 437. The normalized spacial score (nSPS) is 10.8. The second-order valence-electron chi connectivity index (χ2n) is 3.20. The summed E-state index contributed by atoms with van der Waals surface area (Å²) in [6.07, 6.45) is 3.23. The lowest BCUT2D eigenvalue weighted by Crippen LogP contribution is -1.85. The molecule has 0 aliphatic rings. The molecule has 2 aromatic heterocycles. The third-order valence-electron chi connectivity index (χ3n) is 2.05. The Morgan fingerprint density at radius 1 is 1.47 bits per heavy atom. The number of halogens is 1. The predicted octanol–water partition coefficient (Wildman–Crippen LogP) is 1.94. The maximum atomic E-state index is 5.58. The highest BCUT2D eigenvalue weighted by Gasteiger charge is 2.11. The highest BCUT2D eigenvalue weighted by atomic mass is 35.5. The second kappa shape index (κ2) is 4.44. The van der Waals surface area contributed by atoms with E-state index in [-0.39, 0.29) is 0 Å². The number of hydrogen-bond acceptors (Lipinski definition) is 4. The van der Waals surface area contributed by atoms with Crippen LogP contribution in [0.15, 0.2) is 10.6 Å². The third-order valence-corrected chi connectivity index (χ3v) is 2.32. The number of nitrogens with zero attached hydrogens (tertiary/aromatic N) is 3. The zero-order valence-corrected chi connectivity index (χ0v) is 9.08. The Labute approximate surface area is 91.9 Å². The molecule has 5 nitrogen and oxygen atoms in total. The summed E-state index contributed by atoms with van der Waals surface area (Å²) < 4.78 is 5.47. The third kappa shape index (κ3) is 2.18. The van der Waals surface area contributed by atoms with Gasteiger partial charge in [-0.1, -0.05) is 0 Å². The molecule has 0 atom stereocenters. The Kier molecular flexibility index (Phi) is 3.01. The van der Waals surface area contributed by atoms with Crippen molar-refractivity contribution in [1.29, 1.82) is 0 Å². The average molecular weight is 227 g/mol. The van der Waals surface area contributed by atoms with Gasteiger partial charge in [-0.25, -0.2) is 0 Å². The first kappa shape index (κ1) is 10.2. The van der Waals surface area contributed by atoms with Crippen molar-refractivity contribution in [1.82, 2.24) is 20.4 Å². The van der Waals surface area contributed by atoms with E-state index in [2.05, 4.69) is 20.4 Å². The number of nitrogens with one attached hydrogen (secondary N) is 1. The number of aromatic nitrogens is 4. The molecule has 0 radical (unpaired) electrons. The molecule has 6 heteroatoms. The lowest BCUT2D eigenvalue weighted by Gasteiger charge is -1.90. The highest BCUT2D eigenvalue weighted by molar-refractivity contribution is 6.17. The van der Waals surface area contributed by atoms with Gasteiger partial charge < -0.3 is 4.42 Å². The van der Waals surface area contributed by atoms with Gasteiger partial charge in [0, 0.05) is 18.0 Å². The van der Waals surface area contributed by atoms with Crippen molar-refractivity contribution in [2.45, 2.75) is 19.8 Å². The van der Waals surface area contributed by atoms with E-state index in [9.17, 15) is 0 Å². The summed E-state index contributed by atoms with van der Waals surface area (Å²) >= 11 is 5.58. The molecule has 0 aliphatic heterocycles. The number of H-pyrrole nitrogens is 1. The van der Waals surface area contributed by atoms with Crippen LogP contribution in [0.25, 0.3) is 11.5 Å². The van der Waals surface area contributed by atoms with Crippen LogP contribution in [-0.2, 0) is 6.42 Å². The van der Waals surface area contributed by atoms with Gasteiger partial charge in [0.15, 0.2) is 0 Å². The SMILES string of the molecule is Cc1[nH]ncc1-c1nnc(CCCCl)o1. The van der Waals surface area contributed by atoms with E-state index >= 15 is 0 Å². The Balaban J connectivity index is 2.17. The van der Waals surface area contributed by atoms with Gasteiger partial charge >= 0.3 is 0 Å². The Morgan fingerprint density at radius 2 is 2.33 bits per heavy atom. The van der Waals surface area contributed by atoms with Crippen molar-refractivity contribution in [2.75, 3.05) is 5.88 Å². The molecule has 0 aromatic carbocycles. The lowest BCUT2D eigenvalue weighted by atomic mass is 10.3. The molecular weight excluding hydrogens is 216 g/mol. The van der Waals surface area contributed by atoms with Crippen LogP contribution in [-0.4, -0.2) is 26.3 Å². The number of hydrogen-bond donors (Lipinski definition) is 1. The van der Waals surface area contributed by atoms with Crippen molar-refractivity contribution >= 4 is 11.6 Å². The maximum absolute atomic E-state index is 5.58. The molecule has 1 N–H and O–H groups in total. The summed E-state index contributed by atoms with van der Waals surface area (Å²) in [5, 5.41) is 14.6. The van der Waals surface area contributed by atoms with Gasteiger partial charge in [-0.3, -0.25) is 5.10 Å². The van der Waals surface area contributed by atoms with Gasteiger partial charge in [0.05, 0.1) is 11.8 Å². The molecule has 0 amide bonds. The fourth-order valence-electron chi connectivity index (χ4n) is 1.25. The quantitative estimate of drug-likeness (QED) is 0.809. The van der Waals surface area contributed by atoms with E-state index < -0.39 is 0 Å². The molecule has 2 heterocycles. The van der Waals surface area contributed by atoms with Gasteiger partial charge in [-0.05, 0) is 13.3 Å². The predicted molar refractivity (Wildman–Crippen MR) is 55.7 cm³/mol. The molecule has 0 fully saturated rings. The molecule has 80 valence electrons. The van der Waals surface area contributed by atoms with Gasteiger partial charge in [0.2, 0.25) is 5.89 Å². The topological polar surface area (TPSA) is 67.6 Å². The summed E-state index contributed by atoms with van der Waals surface area (Å²) in [5.41, 5.74) is 1.77. The van der Waals surface area contributed by atoms with Crippen LogP contribution < -0.4 is 0 Å². The standard InChI is InChI=1S/C9H11ClN4O/c1-6-7(5-11-12-6)9-14-13-8(15-9)3-2-4-10/h5H,2-4H2,1H3,(H,11,12). The molecule has 0 aliphatic carbocycles. The van der Waals surface area contributed by atoms with Crippen LogP contribution in [0.3, 0.4) is 0 Å². The van der Waals surface area contributed by atoms with E-state index in [1.165, 1.54) is 0 Å². The largest absolute Gasteiger partial charge is 0.421 e. The number of alkyl halides is 1. The summed E-state index contributed by atoms with van der Waals surface area (Å²) in [7, 11) is 0. The van der Waals surface area contributed by atoms with Crippen molar-refractivity contribution in [3.63, 3.8) is 0 Å². The van der Waals surface area contributed by atoms with Crippen LogP contribution in [0.5, 0.6) is 0 Å². The minimum absolute atomic E-state index is 0.505. The summed E-state index contributed by atoms with van der Waals surface area (Å²) in [6.45, 7) is 1.91. The maximum Gasteiger partial charge on any atom is 0.251 e. The van der Waals surface area contributed by atoms with E-state index in [1.54, 1.807) is 6.20 Å². The minimum Gasteiger partial charge on any atom is -0.421 e. The summed E-state index contributed by atoms with van der Waals surface area (Å²) in [5.74, 6) is 1.72. The van der Waals surface area contributed by atoms with Crippen LogP contribution in [0.1, 0.15) is 18.0 Å². The first-order valence-electron chi connectivity index (χ1n) is 4.70. The molecule has 0 saturated heterocycles. The van der Waals surface area contributed by atoms with Crippen molar-refractivity contribution in [2.24, 2.45) is 0 Å². The molecule has 0 spiro atoms. The van der Waals surface area contributed by atoms with E-state index in [1.807, 2.05) is 6.92 Å². The molecular formula is C9H11ClN4O. The van der Waals surface area contributed by atoms with E-state index in [0.717, 1.165) is 17.7 Å². The monoisotopic (exact) mass is 226 g/mol. The van der Waals surface area contributed by atoms with Crippen molar-refractivity contribution in [3.05, 3.63) is 17.8 Å². The van der Waals surface area contributed by atoms with Gasteiger partial charge in [0.25, 0.3) is 5.89 Å². The first-order valence-corrected chi connectivity index (χ1v) is 5.23. The van der Waals surface area contributed by atoms with E-state index in [0.29, 0.717) is 24.1 Å². The van der Waals surface area contributed by atoms with Crippen LogP contribution in [0.2, 0.25) is 0 Å². The van der Waals surface area contributed by atoms with Crippen molar-refractivity contribution in [3.8, 4) is 11.5 Å².